The lowest BCUT2D eigenvalue weighted by molar-refractivity contribution is -0.303. The Bertz CT molecular complexity index is 504. The predicted molar refractivity (Wildman–Crippen MR) is 91.4 cm³/mol. The van der Waals surface area contributed by atoms with Crippen LogP contribution in [0.1, 0.15) is 31.7 Å². The van der Waals surface area contributed by atoms with E-state index in [1.54, 1.807) is 7.11 Å². The van der Waals surface area contributed by atoms with Gasteiger partial charge in [-0.05, 0) is 18.1 Å². The van der Waals surface area contributed by atoms with Crippen LogP contribution in [0, 0.1) is 0 Å². The van der Waals surface area contributed by atoms with Crippen molar-refractivity contribution in [3.8, 4) is 0 Å². The fraction of sp³-hybridized carbons (Fsp3) is 0.579. The molecule has 5 heteroatoms. The predicted octanol–water partition coefficient (Wildman–Crippen LogP) is 2.41. The minimum Gasteiger partial charge on any atom is -0.387 e. The van der Waals surface area contributed by atoms with Gasteiger partial charge in [0.1, 0.15) is 12.2 Å². The van der Waals surface area contributed by atoms with Crippen LogP contribution < -0.4 is 0 Å². The second-order valence-corrected chi connectivity index (χ2v) is 6.13. The average molecular weight is 336 g/mol. The van der Waals surface area contributed by atoms with Gasteiger partial charge in [0, 0.05) is 13.5 Å². The Kier molecular flexibility index (Phi) is 7.40. The Labute approximate surface area is 143 Å². The van der Waals surface area contributed by atoms with Crippen LogP contribution in [0.2, 0.25) is 0 Å². The number of aliphatic hydroxyl groups is 2. The Morgan fingerprint density at radius 2 is 2.08 bits per heavy atom. The first kappa shape index (κ1) is 19.1. The number of benzene rings is 1. The third-order valence-electron chi connectivity index (χ3n) is 4.20. The van der Waals surface area contributed by atoms with E-state index >= 15 is 0 Å². The highest BCUT2D eigenvalue weighted by atomic mass is 16.7. The normalized spacial score (nSPS) is 30.8. The lowest BCUT2D eigenvalue weighted by Gasteiger charge is -2.42. The summed E-state index contributed by atoms with van der Waals surface area (Å²) in [5.41, 5.74) is 1.07. The van der Waals surface area contributed by atoms with Crippen molar-refractivity contribution in [2.45, 2.75) is 56.9 Å². The molecular weight excluding hydrogens is 308 g/mol. The minimum atomic E-state index is -1.69. The van der Waals surface area contributed by atoms with Gasteiger partial charge in [0.2, 0.25) is 5.79 Å². The van der Waals surface area contributed by atoms with Gasteiger partial charge in [-0.3, -0.25) is 0 Å². The highest BCUT2D eigenvalue weighted by Gasteiger charge is 2.46. The van der Waals surface area contributed by atoms with Crippen LogP contribution >= 0.6 is 0 Å². The highest BCUT2D eigenvalue weighted by Crippen LogP contribution is 2.30. The average Bonchev–Trinajstić information content (AvgIpc) is 2.59. The quantitative estimate of drug-likeness (QED) is 0.714. The largest absolute Gasteiger partial charge is 0.387 e. The van der Waals surface area contributed by atoms with Crippen molar-refractivity contribution in [3.63, 3.8) is 0 Å². The standard InChI is InChI=1S/C19H28O5/c1-3-4-8-11-19(21)18(20)12-16(22-2)17(24-19)14-23-13-15-9-6-5-7-10-15/h5-11,16-18,20-21H,3-4,12-14H2,1-2H3/b11-8+. The summed E-state index contributed by atoms with van der Waals surface area (Å²) in [5, 5.41) is 20.8. The summed E-state index contributed by atoms with van der Waals surface area (Å²) >= 11 is 0. The molecule has 4 unspecified atom stereocenters. The van der Waals surface area contributed by atoms with Crippen molar-refractivity contribution >= 4 is 0 Å². The molecule has 0 bridgehead atoms. The number of unbranched alkanes of at least 4 members (excludes halogenated alkanes) is 1. The van der Waals surface area contributed by atoms with Crippen molar-refractivity contribution < 1.29 is 24.4 Å². The second kappa shape index (κ2) is 9.30. The van der Waals surface area contributed by atoms with E-state index in [4.69, 9.17) is 14.2 Å². The molecule has 0 spiro atoms. The van der Waals surface area contributed by atoms with E-state index in [1.807, 2.05) is 43.3 Å². The van der Waals surface area contributed by atoms with E-state index in [0.717, 1.165) is 18.4 Å². The zero-order valence-electron chi connectivity index (χ0n) is 14.4. The number of hydrogen-bond donors (Lipinski definition) is 2. The first-order chi connectivity index (χ1) is 11.6. The van der Waals surface area contributed by atoms with Gasteiger partial charge in [0.25, 0.3) is 0 Å². The van der Waals surface area contributed by atoms with Crippen LogP contribution in [0.4, 0.5) is 0 Å². The van der Waals surface area contributed by atoms with Crippen molar-refractivity contribution in [1.29, 1.82) is 0 Å². The monoisotopic (exact) mass is 336 g/mol. The number of ether oxygens (including phenoxy) is 3. The molecular formula is C19H28O5. The molecule has 24 heavy (non-hydrogen) atoms. The summed E-state index contributed by atoms with van der Waals surface area (Å²) in [6, 6.07) is 9.86. The zero-order valence-corrected chi connectivity index (χ0v) is 14.4. The Balaban J connectivity index is 1.95. The first-order valence-corrected chi connectivity index (χ1v) is 8.49. The van der Waals surface area contributed by atoms with Crippen molar-refractivity contribution in [2.24, 2.45) is 0 Å². The first-order valence-electron chi connectivity index (χ1n) is 8.49. The molecule has 1 aromatic carbocycles. The molecule has 1 aromatic rings. The molecule has 2 rings (SSSR count). The van der Waals surface area contributed by atoms with Crippen LogP contribution in [-0.4, -0.2) is 48.0 Å². The number of rotatable bonds is 8. The molecule has 1 saturated heterocycles. The highest BCUT2D eigenvalue weighted by molar-refractivity contribution is 5.13. The molecule has 0 radical (unpaired) electrons. The Hall–Kier alpha value is -1.24. The Morgan fingerprint density at radius 3 is 2.75 bits per heavy atom. The van der Waals surface area contributed by atoms with E-state index in [0.29, 0.717) is 13.0 Å². The van der Waals surface area contributed by atoms with Crippen LogP contribution in [0.15, 0.2) is 42.5 Å². The van der Waals surface area contributed by atoms with Crippen molar-refractivity contribution in [1.82, 2.24) is 0 Å². The fourth-order valence-corrected chi connectivity index (χ4v) is 2.76. The third kappa shape index (κ3) is 5.13. The second-order valence-electron chi connectivity index (χ2n) is 6.13. The third-order valence-corrected chi connectivity index (χ3v) is 4.20. The van der Waals surface area contributed by atoms with Gasteiger partial charge in [0.05, 0.1) is 19.3 Å². The van der Waals surface area contributed by atoms with Crippen molar-refractivity contribution in [3.05, 3.63) is 48.0 Å². The van der Waals surface area contributed by atoms with Gasteiger partial charge in [-0.2, -0.15) is 0 Å². The summed E-state index contributed by atoms with van der Waals surface area (Å²) in [7, 11) is 1.57. The molecule has 134 valence electrons. The van der Waals surface area contributed by atoms with Gasteiger partial charge < -0.3 is 24.4 Å². The topological polar surface area (TPSA) is 68.2 Å². The molecule has 1 heterocycles. The molecule has 1 aliphatic heterocycles. The molecule has 0 saturated carbocycles. The van der Waals surface area contributed by atoms with E-state index in [-0.39, 0.29) is 12.7 Å². The SMILES string of the molecule is CCC/C=C/C1(O)OC(COCc2ccccc2)C(OC)CC1O. The van der Waals surface area contributed by atoms with Crippen LogP contribution in [0.3, 0.4) is 0 Å². The van der Waals surface area contributed by atoms with Gasteiger partial charge in [-0.25, -0.2) is 0 Å². The summed E-state index contributed by atoms with van der Waals surface area (Å²) < 4.78 is 16.9. The number of hydrogen-bond acceptors (Lipinski definition) is 5. The Morgan fingerprint density at radius 1 is 1.33 bits per heavy atom. The molecule has 1 fully saturated rings. The van der Waals surface area contributed by atoms with Gasteiger partial charge in [-0.15, -0.1) is 0 Å². The summed E-state index contributed by atoms with van der Waals surface area (Å²) in [4.78, 5) is 0. The summed E-state index contributed by atoms with van der Waals surface area (Å²) in [6.07, 6.45) is 3.65. The number of allylic oxidation sites excluding steroid dienone is 1. The van der Waals surface area contributed by atoms with Gasteiger partial charge in [0.15, 0.2) is 0 Å². The van der Waals surface area contributed by atoms with E-state index in [2.05, 4.69) is 0 Å². The van der Waals surface area contributed by atoms with Crippen molar-refractivity contribution in [2.75, 3.05) is 13.7 Å². The number of methoxy groups -OCH3 is 1. The van der Waals surface area contributed by atoms with Gasteiger partial charge in [-0.1, -0.05) is 49.8 Å². The molecule has 4 atom stereocenters. The smallest absolute Gasteiger partial charge is 0.212 e. The minimum absolute atomic E-state index is 0.282. The molecule has 1 aliphatic rings. The van der Waals surface area contributed by atoms with Crippen LogP contribution in [-0.2, 0) is 20.8 Å². The van der Waals surface area contributed by atoms with E-state index < -0.39 is 18.0 Å². The van der Waals surface area contributed by atoms with Crippen LogP contribution in [0.5, 0.6) is 0 Å². The molecule has 0 amide bonds. The maximum atomic E-state index is 10.6. The van der Waals surface area contributed by atoms with E-state index in [1.165, 1.54) is 6.08 Å². The zero-order chi connectivity index (χ0) is 17.4. The summed E-state index contributed by atoms with van der Waals surface area (Å²) in [5.74, 6) is -1.69. The molecule has 2 N–H and O–H groups in total. The van der Waals surface area contributed by atoms with Crippen LogP contribution in [0.25, 0.3) is 0 Å². The molecule has 0 aromatic heterocycles. The van der Waals surface area contributed by atoms with E-state index in [9.17, 15) is 10.2 Å². The maximum absolute atomic E-state index is 10.6. The molecule has 5 nitrogen and oxygen atoms in total. The fourth-order valence-electron chi connectivity index (χ4n) is 2.76. The lowest BCUT2D eigenvalue weighted by Crippen LogP contribution is -2.57. The van der Waals surface area contributed by atoms with Gasteiger partial charge >= 0.3 is 0 Å². The summed E-state index contributed by atoms with van der Waals surface area (Å²) in [6.45, 7) is 2.79. The lowest BCUT2D eigenvalue weighted by atomic mass is 9.95. The maximum Gasteiger partial charge on any atom is 0.212 e. The molecule has 0 aliphatic carbocycles. The number of aliphatic hydroxyl groups excluding tert-OH is 1.